The molecule has 2 N–H and O–H groups in total. The van der Waals surface area contributed by atoms with Gasteiger partial charge < -0.3 is 19.7 Å². The third-order valence-corrected chi connectivity index (χ3v) is 2.95. The summed E-state index contributed by atoms with van der Waals surface area (Å²) >= 11 is 0. The van der Waals surface area contributed by atoms with Crippen molar-refractivity contribution in [2.75, 3.05) is 20.8 Å². The van der Waals surface area contributed by atoms with Crippen molar-refractivity contribution in [1.29, 1.82) is 0 Å². The molecule has 1 atom stereocenters. The molecule has 6 nitrogen and oxygen atoms in total. The van der Waals surface area contributed by atoms with E-state index in [1.54, 1.807) is 14.2 Å². The van der Waals surface area contributed by atoms with Crippen LogP contribution in [0.25, 0.3) is 0 Å². The van der Waals surface area contributed by atoms with Crippen molar-refractivity contribution in [2.45, 2.75) is 18.9 Å². The van der Waals surface area contributed by atoms with Gasteiger partial charge in [0.05, 0.1) is 19.8 Å². The molecule has 0 spiro atoms. The van der Waals surface area contributed by atoms with Gasteiger partial charge in [-0.05, 0) is 24.1 Å². The molecule has 1 heterocycles. The van der Waals surface area contributed by atoms with Crippen LogP contribution in [-0.4, -0.2) is 31.0 Å². The van der Waals surface area contributed by atoms with E-state index in [4.69, 9.17) is 19.7 Å². The topological polar surface area (TPSA) is 83.4 Å². The number of methoxy groups -OCH3 is 2. The van der Waals surface area contributed by atoms with Crippen LogP contribution in [0.3, 0.4) is 0 Å². The van der Waals surface area contributed by atoms with Gasteiger partial charge in [-0.1, -0.05) is 17.3 Å². The zero-order chi connectivity index (χ0) is 14.4. The molecule has 0 aliphatic rings. The van der Waals surface area contributed by atoms with Crippen LogP contribution in [0.1, 0.15) is 23.3 Å². The standard InChI is InChI=1S/C14H19N3O3/c1-18-9-12(15)14-16-13(20-17-14)8-5-10-3-6-11(19-2)7-4-10/h3-4,6-7,12H,5,8-9,15H2,1-2H3. The van der Waals surface area contributed by atoms with E-state index in [1.807, 2.05) is 24.3 Å². The highest BCUT2D eigenvalue weighted by Crippen LogP contribution is 2.14. The monoisotopic (exact) mass is 277 g/mol. The first-order chi connectivity index (χ1) is 9.72. The number of hydrogen-bond acceptors (Lipinski definition) is 6. The van der Waals surface area contributed by atoms with E-state index >= 15 is 0 Å². The molecule has 2 rings (SSSR count). The minimum absolute atomic E-state index is 0.349. The summed E-state index contributed by atoms with van der Waals surface area (Å²) in [6.45, 7) is 0.372. The molecule has 0 amide bonds. The van der Waals surface area contributed by atoms with Crippen LogP contribution >= 0.6 is 0 Å². The van der Waals surface area contributed by atoms with Crippen molar-refractivity contribution in [3.8, 4) is 5.75 Å². The maximum Gasteiger partial charge on any atom is 0.227 e. The second kappa shape index (κ2) is 7.02. The molecular weight excluding hydrogens is 258 g/mol. The average Bonchev–Trinajstić information content (AvgIpc) is 2.95. The van der Waals surface area contributed by atoms with Gasteiger partial charge in [0.2, 0.25) is 5.89 Å². The van der Waals surface area contributed by atoms with Gasteiger partial charge in [0.1, 0.15) is 5.75 Å². The number of benzene rings is 1. The smallest absolute Gasteiger partial charge is 0.227 e. The SMILES string of the molecule is COCC(N)c1noc(CCc2ccc(OC)cc2)n1. The molecule has 108 valence electrons. The Morgan fingerprint density at radius 3 is 2.60 bits per heavy atom. The minimum Gasteiger partial charge on any atom is -0.497 e. The van der Waals surface area contributed by atoms with E-state index in [1.165, 1.54) is 5.56 Å². The van der Waals surface area contributed by atoms with Crippen LogP contribution < -0.4 is 10.5 Å². The Morgan fingerprint density at radius 2 is 1.95 bits per heavy atom. The van der Waals surface area contributed by atoms with Gasteiger partial charge >= 0.3 is 0 Å². The lowest BCUT2D eigenvalue weighted by atomic mass is 10.1. The summed E-state index contributed by atoms with van der Waals surface area (Å²) in [6.07, 6.45) is 1.50. The largest absolute Gasteiger partial charge is 0.497 e. The molecule has 0 saturated carbocycles. The van der Waals surface area contributed by atoms with Crippen LogP contribution in [0.2, 0.25) is 0 Å². The molecule has 0 radical (unpaired) electrons. The van der Waals surface area contributed by atoms with Crippen LogP contribution in [0, 0.1) is 0 Å². The summed E-state index contributed by atoms with van der Waals surface area (Å²) in [6, 6.07) is 7.56. The van der Waals surface area contributed by atoms with E-state index in [2.05, 4.69) is 10.1 Å². The lowest BCUT2D eigenvalue weighted by Crippen LogP contribution is -2.17. The quantitative estimate of drug-likeness (QED) is 0.826. The molecule has 20 heavy (non-hydrogen) atoms. The first-order valence-corrected chi connectivity index (χ1v) is 6.43. The fourth-order valence-electron chi connectivity index (χ4n) is 1.82. The molecule has 1 aromatic heterocycles. The zero-order valence-electron chi connectivity index (χ0n) is 11.7. The maximum absolute atomic E-state index is 5.83. The van der Waals surface area contributed by atoms with Crippen molar-refractivity contribution in [3.05, 3.63) is 41.5 Å². The molecule has 1 aromatic carbocycles. The van der Waals surface area contributed by atoms with Gasteiger partial charge in [0.25, 0.3) is 0 Å². The molecule has 0 aliphatic heterocycles. The summed E-state index contributed by atoms with van der Waals surface area (Å²) in [7, 11) is 3.24. The first-order valence-electron chi connectivity index (χ1n) is 6.43. The van der Waals surface area contributed by atoms with E-state index in [0.29, 0.717) is 24.7 Å². The van der Waals surface area contributed by atoms with Crippen molar-refractivity contribution in [1.82, 2.24) is 10.1 Å². The number of ether oxygens (including phenoxy) is 2. The van der Waals surface area contributed by atoms with Gasteiger partial charge in [-0.15, -0.1) is 0 Å². The summed E-state index contributed by atoms with van der Waals surface area (Å²) in [5, 5.41) is 3.86. The Morgan fingerprint density at radius 1 is 1.20 bits per heavy atom. The highest BCUT2D eigenvalue weighted by atomic mass is 16.5. The van der Waals surface area contributed by atoms with Crippen LogP contribution in [0.4, 0.5) is 0 Å². The van der Waals surface area contributed by atoms with Gasteiger partial charge in [0.15, 0.2) is 5.82 Å². The highest BCUT2D eigenvalue weighted by Gasteiger charge is 2.13. The Labute approximate surface area is 117 Å². The zero-order valence-corrected chi connectivity index (χ0v) is 11.7. The maximum atomic E-state index is 5.83. The molecule has 1 unspecified atom stereocenters. The van der Waals surface area contributed by atoms with E-state index in [0.717, 1.165) is 12.2 Å². The minimum atomic E-state index is -0.349. The molecular formula is C14H19N3O3. The Balaban J connectivity index is 1.90. The Hall–Kier alpha value is -1.92. The third-order valence-electron chi connectivity index (χ3n) is 2.95. The van der Waals surface area contributed by atoms with Crippen LogP contribution in [-0.2, 0) is 17.6 Å². The van der Waals surface area contributed by atoms with E-state index in [-0.39, 0.29) is 6.04 Å². The fraction of sp³-hybridized carbons (Fsp3) is 0.429. The number of nitrogens with zero attached hydrogens (tertiary/aromatic N) is 2. The van der Waals surface area contributed by atoms with Gasteiger partial charge in [-0.2, -0.15) is 4.98 Å². The van der Waals surface area contributed by atoms with Crippen molar-refractivity contribution < 1.29 is 14.0 Å². The van der Waals surface area contributed by atoms with Gasteiger partial charge in [0, 0.05) is 13.5 Å². The molecule has 0 fully saturated rings. The number of hydrogen-bond donors (Lipinski definition) is 1. The Kier molecular flexibility index (Phi) is 5.09. The van der Waals surface area contributed by atoms with Crippen LogP contribution in [0.5, 0.6) is 5.75 Å². The summed E-state index contributed by atoms with van der Waals surface area (Å²) in [4.78, 5) is 4.27. The molecule has 0 aliphatic carbocycles. The number of aryl methyl sites for hydroxylation is 2. The predicted octanol–water partition coefficient (Wildman–Crippen LogP) is 1.51. The van der Waals surface area contributed by atoms with Crippen LogP contribution in [0.15, 0.2) is 28.8 Å². The lowest BCUT2D eigenvalue weighted by molar-refractivity contribution is 0.177. The van der Waals surface area contributed by atoms with E-state index < -0.39 is 0 Å². The summed E-state index contributed by atoms with van der Waals surface area (Å²) < 4.78 is 15.3. The third kappa shape index (κ3) is 3.79. The average molecular weight is 277 g/mol. The second-order valence-electron chi connectivity index (χ2n) is 4.46. The van der Waals surface area contributed by atoms with Crippen molar-refractivity contribution in [3.63, 3.8) is 0 Å². The fourth-order valence-corrected chi connectivity index (χ4v) is 1.82. The second-order valence-corrected chi connectivity index (χ2v) is 4.46. The summed E-state index contributed by atoms with van der Waals surface area (Å²) in [5.74, 6) is 1.92. The molecule has 2 aromatic rings. The summed E-state index contributed by atoms with van der Waals surface area (Å²) in [5.41, 5.74) is 7.02. The Bertz CT molecular complexity index is 525. The van der Waals surface area contributed by atoms with Crippen molar-refractivity contribution in [2.24, 2.45) is 5.73 Å². The molecule has 0 saturated heterocycles. The lowest BCUT2D eigenvalue weighted by Gasteiger charge is -2.03. The number of nitrogens with two attached hydrogens (primary N) is 1. The van der Waals surface area contributed by atoms with Gasteiger partial charge in [-0.25, -0.2) is 0 Å². The van der Waals surface area contributed by atoms with Crippen molar-refractivity contribution >= 4 is 0 Å². The predicted molar refractivity (Wildman–Crippen MR) is 73.5 cm³/mol. The highest BCUT2D eigenvalue weighted by molar-refractivity contribution is 5.27. The number of rotatable bonds is 7. The molecule has 6 heteroatoms. The number of aromatic nitrogens is 2. The van der Waals surface area contributed by atoms with Gasteiger partial charge in [-0.3, -0.25) is 0 Å². The normalized spacial score (nSPS) is 12.3. The first kappa shape index (κ1) is 14.5. The van der Waals surface area contributed by atoms with E-state index in [9.17, 15) is 0 Å². The molecule has 0 bridgehead atoms.